The summed E-state index contributed by atoms with van der Waals surface area (Å²) in [5, 5.41) is 9.35. The van der Waals surface area contributed by atoms with Gasteiger partial charge in [0.15, 0.2) is 0 Å². The summed E-state index contributed by atoms with van der Waals surface area (Å²) in [6, 6.07) is 9.58. The van der Waals surface area contributed by atoms with Crippen molar-refractivity contribution >= 4 is 11.9 Å². The first-order valence-corrected chi connectivity index (χ1v) is 5.14. The first kappa shape index (κ1) is 9.21. The van der Waals surface area contributed by atoms with Crippen LogP contribution in [0.4, 0.5) is 0 Å². The molecule has 0 spiro atoms. The molecule has 2 aromatic rings. The molecule has 0 amide bonds. The van der Waals surface area contributed by atoms with Crippen LogP contribution in [0.1, 0.15) is 5.56 Å². The van der Waals surface area contributed by atoms with Crippen molar-refractivity contribution in [2.45, 2.75) is 11.8 Å². The van der Waals surface area contributed by atoms with Crippen LogP contribution in [-0.4, -0.2) is 9.08 Å². The monoisotopic (exact) mass is 205 g/mol. The number of aryl methyl sites for hydroxylation is 1. The molecule has 0 aliphatic heterocycles. The number of hydrogen-bond acceptors (Lipinski definition) is 2. The van der Waals surface area contributed by atoms with Crippen molar-refractivity contribution in [1.29, 1.82) is 0 Å². The molecule has 2 nitrogen and oxygen atoms in total. The van der Waals surface area contributed by atoms with Crippen molar-refractivity contribution in [3.8, 4) is 5.75 Å². The van der Waals surface area contributed by atoms with Gasteiger partial charge in [0.1, 0.15) is 5.75 Å². The van der Waals surface area contributed by atoms with E-state index in [1.807, 2.05) is 47.6 Å². The van der Waals surface area contributed by atoms with Crippen molar-refractivity contribution in [2.75, 3.05) is 0 Å². The lowest BCUT2D eigenvalue weighted by atomic mass is 10.2. The summed E-state index contributed by atoms with van der Waals surface area (Å²) in [6.07, 6.45) is 3.99. The maximum Gasteiger partial charge on any atom is 0.118 e. The van der Waals surface area contributed by atoms with Gasteiger partial charge in [0.2, 0.25) is 0 Å². The van der Waals surface area contributed by atoms with Crippen molar-refractivity contribution < 1.29 is 5.11 Å². The average Bonchev–Trinajstić information content (AvgIpc) is 2.64. The van der Waals surface area contributed by atoms with Gasteiger partial charge in [-0.2, -0.15) is 0 Å². The number of phenols is 1. The Balaban J connectivity index is 2.22. The fourth-order valence-electron chi connectivity index (χ4n) is 1.19. The van der Waals surface area contributed by atoms with E-state index in [9.17, 15) is 5.11 Å². The van der Waals surface area contributed by atoms with Crippen LogP contribution in [0.5, 0.6) is 5.75 Å². The molecule has 0 saturated heterocycles. The van der Waals surface area contributed by atoms with E-state index in [0.29, 0.717) is 5.75 Å². The van der Waals surface area contributed by atoms with Crippen LogP contribution in [0.2, 0.25) is 0 Å². The van der Waals surface area contributed by atoms with Gasteiger partial charge in [0.05, 0.1) is 0 Å². The van der Waals surface area contributed by atoms with Crippen LogP contribution in [0.15, 0.2) is 47.6 Å². The lowest BCUT2D eigenvalue weighted by molar-refractivity contribution is 0.470. The number of aromatic nitrogens is 1. The summed E-state index contributed by atoms with van der Waals surface area (Å²) < 4.78 is 2.02. The van der Waals surface area contributed by atoms with Gasteiger partial charge in [0, 0.05) is 17.3 Å². The predicted molar refractivity (Wildman–Crippen MR) is 58.5 cm³/mol. The topological polar surface area (TPSA) is 25.2 Å². The number of rotatable bonds is 2. The van der Waals surface area contributed by atoms with Crippen molar-refractivity contribution in [3.05, 3.63) is 48.3 Å². The van der Waals surface area contributed by atoms with E-state index in [2.05, 4.69) is 0 Å². The third kappa shape index (κ3) is 1.93. The van der Waals surface area contributed by atoms with Crippen LogP contribution in [0, 0.1) is 6.92 Å². The highest BCUT2D eigenvalue weighted by atomic mass is 32.2. The molecule has 0 aliphatic rings. The maximum absolute atomic E-state index is 9.35. The molecule has 1 N–H and O–H groups in total. The smallest absolute Gasteiger partial charge is 0.118 e. The predicted octanol–water partition coefficient (Wildman–Crippen LogP) is 3.06. The molecule has 1 aromatic heterocycles. The third-order valence-electron chi connectivity index (χ3n) is 1.96. The van der Waals surface area contributed by atoms with Crippen molar-refractivity contribution in [1.82, 2.24) is 3.97 Å². The highest BCUT2D eigenvalue weighted by Crippen LogP contribution is 2.25. The second-order valence-electron chi connectivity index (χ2n) is 3.08. The van der Waals surface area contributed by atoms with E-state index in [-0.39, 0.29) is 0 Å². The molecule has 2 rings (SSSR count). The molecule has 0 atom stereocenters. The fourth-order valence-corrected chi connectivity index (χ4v) is 2.05. The quantitative estimate of drug-likeness (QED) is 0.815. The summed E-state index contributed by atoms with van der Waals surface area (Å²) in [7, 11) is 0. The Bertz CT molecular complexity index is 423. The summed E-state index contributed by atoms with van der Waals surface area (Å²) >= 11 is 1.62. The highest BCUT2D eigenvalue weighted by Gasteiger charge is 1.99. The molecule has 0 bridgehead atoms. The number of phenolic OH excluding ortho intramolecular Hbond substituents is 1. The molecular formula is C11H11NOS. The summed E-state index contributed by atoms with van der Waals surface area (Å²) in [6.45, 7) is 1.90. The Hall–Kier alpha value is -1.35. The first-order chi connectivity index (χ1) is 6.75. The Morgan fingerprint density at radius 2 is 1.93 bits per heavy atom. The number of nitrogens with zero attached hydrogens (tertiary/aromatic N) is 1. The normalized spacial score (nSPS) is 10.4. The van der Waals surface area contributed by atoms with E-state index in [0.717, 1.165) is 10.5 Å². The fraction of sp³-hybridized carbons (Fsp3) is 0.0909. The summed E-state index contributed by atoms with van der Waals surface area (Å²) in [5.41, 5.74) is 0.905. The van der Waals surface area contributed by atoms with Crippen LogP contribution in [0.3, 0.4) is 0 Å². The van der Waals surface area contributed by atoms with Gasteiger partial charge < -0.3 is 5.11 Å². The number of benzene rings is 1. The summed E-state index contributed by atoms with van der Waals surface area (Å²) in [4.78, 5) is 1.12. The molecule has 0 fully saturated rings. The Labute approximate surface area is 87.3 Å². The maximum atomic E-state index is 9.35. The van der Waals surface area contributed by atoms with Gasteiger partial charge in [-0.1, -0.05) is 0 Å². The van der Waals surface area contributed by atoms with E-state index in [4.69, 9.17) is 0 Å². The van der Waals surface area contributed by atoms with Crippen LogP contribution in [0.25, 0.3) is 0 Å². The molecule has 0 saturated carbocycles. The molecule has 14 heavy (non-hydrogen) atoms. The molecular weight excluding hydrogens is 194 g/mol. The van der Waals surface area contributed by atoms with Crippen molar-refractivity contribution in [2.24, 2.45) is 0 Å². The molecule has 0 radical (unpaired) electrons. The lowest BCUT2D eigenvalue weighted by Gasteiger charge is -2.04. The van der Waals surface area contributed by atoms with Crippen LogP contribution >= 0.6 is 11.9 Å². The van der Waals surface area contributed by atoms with Gasteiger partial charge in [-0.3, -0.25) is 3.97 Å². The van der Waals surface area contributed by atoms with Crippen molar-refractivity contribution in [3.63, 3.8) is 0 Å². The zero-order valence-corrected chi connectivity index (χ0v) is 8.66. The molecule has 0 aliphatic carbocycles. The van der Waals surface area contributed by atoms with Crippen LogP contribution < -0.4 is 0 Å². The van der Waals surface area contributed by atoms with Gasteiger partial charge >= 0.3 is 0 Å². The lowest BCUT2D eigenvalue weighted by Crippen LogP contribution is -1.82. The Morgan fingerprint density at radius 1 is 1.21 bits per heavy atom. The second kappa shape index (κ2) is 3.80. The molecule has 3 heteroatoms. The standard InChI is InChI=1S/C11H11NOS/c1-9-8-10(4-5-11(9)13)14-12-6-2-3-7-12/h2-8,13H,1H3. The van der Waals surface area contributed by atoms with Gasteiger partial charge in [-0.25, -0.2) is 0 Å². The molecule has 72 valence electrons. The second-order valence-corrected chi connectivity index (χ2v) is 4.16. The van der Waals surface area contributed by atoms with Gasteiger partial charge in [-0.05, 0) is 54.8 Å². The van der Waals surface area contributed by atoms with E-state index < -0.39 is 0 Å². The average molecular weight is 205 g/mol. The minimum atomic E-state index is 0.349. The first-order valence-electron chi connectivity index (χ1n) is 4.36. The largest absolute Gasteiger partial charge is 0.508 e. The minimum absolute atomic E-state index is 0.349. The molecule has 1 aromatic carbocycles. The molecule has 0 unspecified atom stereocenters. The Morgan fingerprint density at radius 3 is 2.57 bits per heavy atom. The Kier molecular flexibility index (Phi) is 2.50. The zero-order valence-electron chi connectivity index (χ0n) is 7.84. The molecule has 1 heterocycles. The van der Waals surface area contributed by atoms with Crippen LogP contribution in [-0.2, 0) is 0 Å². The van der Waals surface area contributed by atoms with E-state index in [1.165, 1.54) is 0 Å². The third-order valence-corrected chi connectivity index (χ3v) is 2.88. The van der Waals surface area contributed by atoms with Gasteiger partial charge in [0.25, 0.3) is 0 Å². The van der Waals surface area contributed by atoms with E-state index >= 15 is 0 Å². The summed E-state index contributed by atoms with van der Waals surface area (Å²) in [5.74, 6) is 0.349. The number of aromatic hydroxyl groups is 1. The minimum Gasteiger partial charge on any atom is -0.508 e. The zero-order chi connectivity index (χ0) is 9.97. The SMILES string of the molecule is Cc1cc(Sn2cccc2)ccc1O. The highest BCUT2D eigenvalue weighted by molar-refractivity contribution is 7.97. The van der Waals surface area contributed by atoms with E-state index in [1.54, 1.807) is 18.0 Å². The van der Waals surface area contributed by atoms with Gasteiger partial charge in [-0.15, -0.1) is 0 Å². The number of hydrogen-bond donors (Lipinski definition) is 1.